The Labute approximate surface area is 107 Å². The highest BCUT2D eigenvalue weighted by Gasteiger charge is 2.57. The first-order valence-electron chi connectivity index (χ1n) is 5.40. The second-order valence-electron chi connectivity index (χ2n) is 5.13. The average molecular weight is 293 g/mol. The van der Waals surface area contributed by atoms with Crippen molar-refractivity contribution in [2.24, 2.45) is 0 Å². The van der Waals surface area contributed by atoms with E-state index in [4.69, 9.17) is 0 Å². The van der Waals surface area contributed by atoms with Gasteiger partial charge in [0.1, 0.15) is 0 Å². The molecule has 0 atom stereocenters. The summed E-state index contributed by atoms with van der Waals surface area (Å²) in [5, 5.41) is 2.88. The monoisotopic (exact) mass is 293 g/mol. The highest BCUT2D eigenvalue weighted by molar-refractivity contribution is 4.99. The van der Waals surface area contributed by atoms with Gasteiger partial charge in [0.05, 0.1) is 6.61 Å². The Kier molecular flexibility index (Phi) is 5.88. The van der Waals surface area contributed by atoms with Crippen molar-refractivity contribution in [3.05, 3.63) is 12.2 Å². The summed E-state index contributed by atoms with van der Waals surface area (Å²) >= 11 is 0. The zero-order valence-corrected chi connectivity index (χ0v) is 10.9. The highest BCUT2D eigenvalue weighted by Crippen LogP contribution is 2.35. The molecule has 0 aliphatic rings. The largest absolute Gasteiger partial charge is 0.423 e. The van der Waals surface area contributed by atoms with Gasteiger partial charge in [-0.15, -0.1) is 0 Å². The molecule has 0 bridgehead atoms. The minimum absolute atomic E-state index is 0.0753. The van der Waals surface area contributed by atoms with Gasteiger partial charge in [-0.3, -0.25) is 0 Å². The third kappa shape index (κ3) is 8.10. The van der Waals surface area contributed by atoms with Gasteiger partial charge in [-0.2, -0.15) is 26.3 Å². The lowest BCUT2D eigenvalue weighted by atomic mass is 10.1. The van der Waals surface area contributed by atoms with E-state index in [9.17, 15) is 26.3 Å². The van der Waals surface area contributed by atoms with Gasteiger partial charge in [-0.05, 0) is 26.3 Å². The van der Waals surface area contributed by atoms with Crippen LogP contribution in [0.2, 0.25) is 0 Å². The molecule has 0 aliphatic heterocycles. The van der Waals surface area contributed by atoms with E-state index in [1.165, 1.54) is 0 Å². The molecule has 0 fully saturated rings. The van der Waals surface area contributed by atoms with Gasteiger partial charge in [-0.25, -0.2) is 0 Å². The quantitative estimate of drug-likeness (QED) is 0.619. The van der Waals surface area contributed by atoms with Gasteiger partial charge in [0.15, 0.2) is 0 Å². The summed E-state index contributed by atoms with van der Waals surface area (Å²) in [4.78, 5) is 0. The van der Waals surface area contributed by atoms with Crippen LogP contribution in [0.15, 0.2) is 12.2 Å². The van der Waals surface area contributed by atoms with Crippen molar-refractivity contribution in [3.8, 4) is 0 Å². The van der Waals surface area contributed by atoms with Crippen LogP contribution < -0.4 is 5.32 Å². The van der Waals surface area contributed by atoms with Gasteiger partial charge < -0.3 is 10.1 Å². The number of nitrogens with one attached hydrogen (secondary N) is 1. The van der Waals surface area contributed by atoms with E-state index in [2.05, 4.69) is 16.6 Å². The number of ether oxygens (including phenoxy) is 1. The van der Waals surface area contributed by atoms with Gasteiger partial charge >= 0.3 is 12.4 Å². The molecule has 0 saturated carbocycles. The van der Waals surface area contributed by atoms with E-state index in [0.717, 1.165) is 0 Å². The van der Waals surface area contributed by atoms with Crippen molar-refractivity contribution in [1.82, 2.24) is 5.32 Å². The molecule has 0 saturated heterocycles. The third-order valence-corrected chi connectivity index (χ3v) is 1.92. The minimum Gasteiger partial charge on any atom is -0.356 e. The van der Waals surface area contributed by atoms with Crippen molar-refractivity contribution in [1.29, 1.82) is 0 Å². The molecule has 0 heterocycles. The Hall–Kier alpha value is -0.760. The second kappa shape index (κ2) is 6.13. The maximum atomic E-state index is 12.2. The fourth-order valence-corrected chi connectivity index (χ4v) is 1.02. The molecule has 114 valence electrons. The molecule has 8 heteroatoms. The molecule has 0 aromatic carbocycles. The number of halogens is 6. The molecule has 1 N–H and O–H groups in total. The normalized spacial score (nSPS) is 14.0. The summed E-state index contributed by atoms with van der Waals surface area (Å²) in [6, 6.07) is 0. The van der Waals surface area contributed by atoms with E-state index < -0.39 is 25.1 Å². The number of alkyl halides is 6. The zero-order valence-electron chi connectivity index (χ0n) is 10.9. The molecule has 19 heavy (non-hydrogen) atoms. The van der Waals surface area contributed by atoms with E-state index in [1.54, 1.807) is 20.8 Å². The van der Waals surface area contributed by atoms with Gasteiger partial charge in [0, 0.05) is 12.1 Å². The Morgan fingerprint density at radius 2 is 1.47 bits per heavy atom. The van der Waals surface area contributed by atoms with Gasteiger partial charge in [0.25, 0.3) is 0 Å². The topological polar surface area (TPSA) is 21.3 Å². The predicted molar refractivity (Wildman–Crippen MR) is 58.7 cm³/mol. The predicted octanol–water partition coefficient (Wildman–Crippen LogP) is 3.44. The van der Waals surface area contributed by atoms with Crippen molar-refractivity contribution in [2.75, 3.05) is 13.2 Å². The first-order chi connectivity index (χ1) is 8.23. The third-order valence-electron chi connectivity index (χ3n) is 1.92. The molecule has 0 radical (unpaired) electrons. The number of rotatable bonds is 5. The maximum absolute atomic E-state index is 12.2. The summed E-state index contributed by atoms with van der Waals surface area (Å²) in [6.07, 6.45) is -14.8. The Morgan fingerprint density at radius 1 is 1.05 bits per heavy atom. The van der Waals surface area contributed by atoms with Crippen LogP contribution in [0.4, 0.5) is 26.3 Å². The summed E-state index contributed by atoms with van der Waals surface area (Å²) in [5.41, 5.74) is -0.218. The zero-order chi connectivity index (χ0) is 15.5. The smallest absolute Gasteiger partial charge is 0.356 e. The van der Waals surface area contributed by atoms with E-state index >= 15 is 0 Å². The van der Waals surface area contributed by atoms with Crippen LogP contribution in [0.25, 0.3) is 0 Å². The van der Waals surface area contributed by atoms with Crippen LogP contribution in [-0.2, 0) is 4.74 Å². The molecule has 0 rings (SSSR count). The lowest BCUT2D eigenvalue weighted by Gasteiger charge is -2.25. The molecule has 0 aromatic rings. The molecule has 0 aliphatic carbocycles. The lowest BCUT2D eigenvalue weighted by Crippen LogP contribution is -2.45. The Morgan fingerprint density at radius 3 is 1.79 bits per heavy atom. The van der Waals surface area contributed by atoms with E-state index in [1.807, 2.05) is 0 Å². The minimum atomic E-state index is -5.49. The lowest BCUT2D eigenvalue weighted by molar-refractivity contribution is -0.319. The Bertz CT molecular complexity index is 288. The van der Waals surface area contributed by atoms with Gasteiger partial charge in [0.2, 0.25) is 6.10 Å². The van der Waals surface area contributed by atoms with E-state index in [0.29, 0.717) is 0 Å². The molecular weight excluding hydrogens is 276 g/mol. The molecule has 0 unspecified atom stereocenters. The first kappa shape index (κ1) is 18.2. The first-order valence-corrected chi connectivity index (χ1v) is 5.40. The molecule has 0 aromatic heterocycles. The van der Waals surface area contributed by atoms with Crippen LogP contribution in [0.5, 0.6) is 0 Å². The van der Waals surface area contributed by atoms with Crippen LogP contribution in [0.1, 0.15) is 20.8 Å². The van der Waals surface area contributed by atoms with Crippen LogP contribution in [-0.4, -0.2) is 37.1 Å². The molecular formula is C11H17F6NO. The fourth-order valence-electron chi connectivity index (χ4n) is 1.02. The molecule has 2 nitrogen and oxygen atoms in total. The highest BCUT2D eigenvalue weighted by atomic mass is 19.4. The summed E-state index contributed by atoms with van der Waals surface area (Å²) in [7, 11) is 0. The van der Waals surface area contributed by atoms with Gasteiger partial charge in [-0.1, -0.05) is 6.58 Å². The summed E-state index contributed by atoms with van der Waals surface area (Å²) in [5.74, 6) is 0. The van der Waals surface area contributed by atoms with Crippen LogP contribution >= 0.6 is 0 Å². The Balaban J connectivity index is 4.39. The summed E-state index contributed by atoms with van der Waals surface area (Å²) in [6.45, 7) is 8.04. The van der Waals surface area contributed by atoms with Crippen molar-refractivity contribution in [2.45, 2.75) is 44.8 Å². The van der Waals surface area contributed by atoms with Crippen molar-refractivity contribution in [3.63, 3.8) is 0 Å². The fraction of sp³-hybridized carbons (Fsp3) is 0.818. The second-order valence-corrected chi connectivity index (χ2v) is 5.13. The average Bonchev–Trinajstić information content (AvgIpc) is 2.09. The van der Waals surface area contributed by atoms with Crippen LogP contribution in [0, 0.1) is 0 Å². The van der Waals surface area contributed by atoms with E-state index in [-0.39, 0.29) is 17.7 Å². The van der Waals surface area contributed by atoms with Crippen molar-refractivity contribution < 1.29 is 31.1 Å². The number of hydrogen-bond acceptors (Lipinski definition) is 2. The maximum Gasteiger partial charge on any atom is 0.423 e. The number of hydrogen-bond donors (Lipinski definition) is 1. The molecule has 0 amide bonds. The van der Waals surface area contributed by atoms with Crippen molar-refractivity contribution >= 4 is 0 Å². The standard InChI is InChI=1S/C11H17F6NO/c1-7(5-18-9(2,3)4)6-19-8(10(12,13)14)11(15,16)17/h8,18H,1,5-6H2,2-4H3. The summed E-state index contributed by atoms with van der Waals surface area (Å²) < 4.78 is 76.8. The molecule has 0 spiro atoms. The SMILES string of the molecule is C=C(CNC(C)(C)C)COC(C(F)(F)F)C(F)(F)F. The van der Waals surface area contributed by atoms with Crippen LogP contribution in [0.3, 0.4) is 0 Å².